The van der Waals surface area contributed by atoms with Crippen LogP contribution in [0.25, 0.3) is 28.7 Å². The summed E-state index contributed by atoms with van der Waals surface area (Å²) in [5.41, 5.74) is 2.87. The molecular formula is C43H40N13NaO9. The molecule has 23 heteroatoms. The molecule has 66 heavy (non-hydrogen) atoms. The van der Waals surface area contributed by atoms with Crippen LogP contribution in [0.3, 0.4) is 0 Å². The SMILES string of the molecule is COC(=O)C1CN(c2ccc(C#N)cn2)CCN1C(=O)c1cccc(-c2noc(C)n2)c1.Cc1nc(-c2cccc(C(=O)N3CCN(c4ccc(C#N)cn4)CC3C(=O)O)c2)no1.[NH-]O.[Na+]. The Hall–Kier alpha value is -7.60. The van der Waals surface area contributed by atoms with Crippen LogP contribution in [-0.2, 0) is 14.3 Å². The quantitative estimate of drug-likeness (QED) is 0.122. The fraction of sp³-hybridized carbons (Fsp3) is 0.256. The number of methoxy groups -OCH3 is 1. The number of anilines is 2. The van der Waals surface area contributed by atoms with Crippen molar-refractivity contribution in [3.63, 3.8) is 0 Å². The third kappa shape index (κ3) is 11.6. The first-order valence-electron chi connectivity index (χ1n) is 19.6. The van der Waals surface area contributed by atoms with Crippen LogP contribution in [0.5, 0.6) is 0 Å². The number of rotatable bonds is 8. The Morgan fingerprint density at radius 1 is 0.697 bits per heavy atom. The van der Waals surface area contributed by atoms with E-state index in [1.165, 1.54) is 29.3 Å². The third-order valence-corrected chi connectivity index (χ3v) is 10.2. The molecule has 0 radical (unpaired) electrons. The van der Waals surface area contributed by atoms with E-state index >= 15 is 0 Å². The molecule has 0 saturated carbocycles. The number of aromatic nitrogens is 6. The van der Waals surface area contributed by atoms with Gasteiger partial charge >= 0.3 is 41.5 Å². The number of aryl methyl sites for hydroxylation is 2. The molecule has 3 N–H and O–H groups in total. The Bertz CT molecular complexity index is 2740. The van der Waals surface area contributed by atoms with E-state index in [9.17, 15) is 24.3 Å². The molecule has 0 spiro atoms. The van der Waals surface area contributed by atoms with Crippen LogP contribution < -0.4 is 39.4 Å². The Kier molecular flexibility index (Phi) is 17.1. The Balaban J connectivity index is 0.000000235. The zero-order chi connectivity index (χ0) is 46.6. The molecular weight excluding hydrogens is 866 g/mol. The van der Waals surface area contributed by atoms with E-state index in [0.717, 1.165) is 0 Å². The monoisotopic (exact) mass is 905 g/mol. The van der Waals surface area contributed by atoms with Crippen molar-refractivity contribution in [3.05, 3.63) is 125 Å². The summed E-state index contributed by atoms with van der Waals surface area (Å²) in [4.78, 5) is 74.4. The van der Waals surface area contributed by atoms with Crippen LogP contribution in [0.1, 0.15) is 43.6 Å². The number of carbonyl (C=O) groups is 4. The number of hydrogen-bond acceptors (Lipinski definition) is 18. The van der Waals surface area contributed by atoms with E-state index in [4.69, 9.17) is 35.4 Å². The molecule has 2 aliphatic rings. The summed E-state index contributed by atoms with van der Waals surface area (Å²) in [7, 11) is 1.29. The van der Waals surface area contributed by atoms with E-state index in [1.54, 1.807) is 91.5 Å². The van der Waals surface area contributed by atoms with E-state index in [-0.39, 0.29) is 61.0 Å². The largest absolute Gasteiger partial charge is 1.00 e. The van der Waals surface area contributed by atoms with Gasteiger partial charge in [-0.05, 0) is 48.5 Å². The Morgan fingerprint density at radius 3 is 1.50 bits per heavy atom. The molecule has 6 aromatic rings. The summed E-state index contributed by atoms with van der Waals surface area (Å²) in [6, 6.07) is 22.4. The Labute approximate surface area is 399 Å². The number of nitrogens with zero attached hydrogens (tertiary/aromatic N) is 12. The number of carboxylic acids is 1. The molecule has 0 aliphatic carbocycles. The summed E-state index contributed by atoms with van der Waals surface area (Å²) in [5, 5.41) is 41.6. The number of carbonyl (C=O) groups excluding carboxylic acids is 3. The minimum absolute atomic E-state index is 0. The average molecular weight is 906 g/mol. The molecule has 8 rings (SSSR count). The minimum Gasteiger partial charge on any atom is -0.553 e. The van der Waals surface area contributed by atoms with Crippen LogP contribution in [-0.4, -0.2) is 133 Å². The van der Waals surface area contributed by atoms with Gasteiger partial charge in [0.25, 0.3) is 11.8 Å². The van der Waals surface area contributed by atoms with Gasteiger partial charge in [-0.2, -0.15) is 20.5 Å². The van der Waals surface area contributed by atoms with Gasteiger partial charge < -0.3 is 49.6 Å². The first kappa shape index (κ1) is 49.4. The number of nitrogens with one attached hydrogen (secondary N) is 1. The van der Waals surface area contributed by atoms with Crippen molar-refractivity contribution in [1.82, 2.24) is 40.0 Å². The predicted octanol–water partition coefficient (Wildman–Crippen LogP) is 0.975. The normalized spacial score (nSPS) is 15.3. The summed E-state index contributed by atoms with van der Waals surface area (Å²) in [6.07, 6.45) is 2.92. The second kappa shape index (κ2) is 22.8. The van der Waals surface area contributed by atoms with Crippen LogP contribution in [0.2, 0.25) is 0 Å². The fourth-order valence-electron chi connectivity index (χ4n) is 7.04. The molecule has 4 aromatic heterocycles. The summed E-state index contributed by atoms with van der Waals surface area (Å²) in [5.74, 6) is 5.22. The molecule has 2 saturated heterocycles. The molecule has 332 valence electrons. The Morgan fingerprint density at radius 2 is 1.14 bits per heavy atom. The van der Waals surface area contributed by atoms with Crippen molar-refractivity contribution in [2.75, 3.05) is 56.2 Å². The van der Waals surface area contributed by atoms with Gasteiger partial charge in [-0.1, -0.05) is 34.6 Å². The second-order valence-electron chi connectivity index (χ2n) is 14.3. The summed E-state index contributed by atoms with van der Waals surface area (Å²) in [6.45, 7) is 5.07. The van der Waals surface area contributed by atoms with Gasteiger partial charge in [0.05, 0.1) is 31.3 Å². The number of pyridine rings is 2. The van der Waals surface area contributed by atoms with E-state index in [0.29, 0.717) is 88.1 Å². The van der Waals surface area contributed by atoms with Gasteiger partial charge in [0.2, 0.25) is 23.4 Å². The number of piperazine rings is 2. The number of aliphatic carboxylic acids is 1. The number of ether oxygens (including phenoxy) is 1. The maximum Gasteiger partial charge on any atom is 1.00 e. The third-order valence-electron chi connectivity index (χ3n) is 10.2. The summed E-state index contributed by atoms with van der Waals surface area (Å²) >= 11 is 0. The first-order chi connectivity index (χ1) is 31.5. The molecule has 2 aliphatic heterocycles. The molecule has 2 fully saturated rings. The molecule has 22 nitrogen and oxygen atoms in total. The van der Waals surface area contributed by atoms with Crippen molar-refractivity contribution < 1.29 is 72.8 Å². The molecule has 2 unspecified atom stereocenters. The topological polar surface area (TPSA) is 306 Å². The van der Waals surface area contributed by atoms with Crippen LogP contribution in [0.4, 0.5) is 11.6 Å². The summed E-state index contributed by atoms with van der Waals surface area (Å²) < 4.78 is 15.0. The molecule has 2 amide bonds. The molecule has 0 bridgehead atoms. The molecule has 6 heterocycles. The van der Waals surface area contributed by atoms with Crippen molar-refractivity contribution >= 4 is 35.4 Å². The van der Waals surface area contributed by atoms with Gasteiger partial charge in [0.1, 0.15) is 35.9 Å². The number of esters is 1. The van der Waals surface area contributed by atoms with Crippen molar-refractivity contribution in [1.29, 1.82) is 10.5 Å². The van der Waals surface area contributed by atoms with Crippen molar-refractivity contribution in [2.24, 2.45) is 0 Å². The fourth-order valence-corrected chi connectivity index (χ4v) is 7.04. The predicted molar refractivity (Wildman–Crippen MR) is 227 cm³/mol. The van der Waals surface area contributed by atoms with E-state index < -0.39 is 24.0 Å². The number of carboxylic acid groups (broad SMARTS) is 1. The standard InChI is InChI=1S/C22H20N6O4.C21H18N6O4.H2NO.Na/c1-14-25-20(26-32-14)16-4-3-5-17(10-16)21(29)28-9-8-27(13-18(28)22(30)31-2)19-7-6-15(11-23)12-24-19;1-13-24-19(25-31-13)15-3-2-4-16(9-15)20(28)27-8-7-26(12-17(27)21(29)30)18-6-5-14(10-22)11-23-18;1-2;/h3-7,10,12,18H,8-9,13H2,1-2H3;2-6,9,11,17H,7-8,12H2,1H3,(H,29,30);1-2H;/q;;-1;+1. The second-order valence-corrected chi connectivity index (χ2v) is 14.3. The minimum atomic E-state index is -1.10. The maximum atomic E-state index is 13.3. The van der Waals surface area contributed by atoms with Crippen LogP contribution in [0.15, 0.2) is 94.2 Å². The zero-order valence-corrected chi connectivity index (χ0v) is 38.1. The maximum absolute atomic E-state index is 13.3. The van der Waals surface area contributed by atoms with E-state index in [1.807, 2.05) is 17.0 Å². The van der Waals surface area contributed by atoms with Gasteiger partial charge in [-0.25, -0.2) is 19.6 Å². The number of amides is 2. The molecule has 2 atom stereocenters. The van der Waals surface area contributed by atoms with Crippen molar-refractivity contribution in [2.45, 2.75) is 25.9 Å². The van der Waals surface area contributed by atoms with Gasteiger partial charge in [-0.3, -0.25) is 9.59 Å². The van der Waals surface area contributed by atoms with Crippen molar-refractivity contribution in [3.8, 4) is 34.9 Å². The first-order valence-corrected chi connectivity index (χ1v) is 19.6. The smallest absolute Gasteiger partial charge is 0.553 e. The van der Waals surface area contributed by atoms with Gasteiger partial charge in [0.15, 0.2) is 0 Å². The average Bonchev–Trinajstić information content (AvgIpc) is 4.01. The van der Waals surface area contributed by atoms with E-state index in [2.05, 4.69) is 30.2 Å². The van der Waals surface area contributed by atoms with Gasteiger partial charge in [0, 0.05) is 74.7 Å². The van der Waals surface area contributed by atoms with Crippen LogP contribution >= 0.6 is 0 Å². The number of nitriles is 2. The number of hydrogen-bond donors (Lipinski definition) is 2. The molecule has 2 aromatic carbocycles. The zero-order valence-electron chi connectivity index (χ0n) is 36.1. The van der Waals surface area contributed by atoms with Gasteiger partial charge in [-0.15, -0.1) is 0 Å². The van der Waals surface area contributed by atoms with Crippen LogP contribution in [0, 0.1) is 36.5 Å². The number of benzene rings is 2.